The molecule has 0 aromatic heterocycles. The molecule has 0 radical (unpaired) electrons. The van der Waals surface area contributed by atoms with E-state index in [2.05, 4.69) is 41.5 Å². The fourth-order valence-electron chi connectivity index (χ4n) is 3.29. The smallest absolute Gasteiger partial charge is 0.0497 e. The van der Waals surface area contributed by atoms with Gasteiger partial charge in [0.25, 0.3) is 0 Å². The van der Waals surface area contributed by atoms with Gasteiger partial charge in [-0.1, -0.05) is 80.1 Å². The van der Waals surface area contributed by atoms with Crippen LogP contribution in [0.5, 0.6) is 0 Å². The van der Waals surface area contributed by atoms with Crippen LogP contribution in [-0.2, 0) is 4.74 Å². The van der Waals surface area contributed by atoms with Gasteiger partial charge in [-0.3, -0.25) is 0 Å². The zero-order valence-electron chi connectivity index (χ0n) is 16.2. The van der Waals surface area contributed by atoms with Crippen molar-refractivity contribution < 1.29 is 4.74 Å². The van der Waals surface area contributed by atoms with Crippen LogP contribution >= 0.6 is 0 Å². The Balaban J connectivity index is 0.000000166. The highest BCUT2D eigenvalue weighted by molar-refractivity contribution is 4.72. The third-order valence-electron chi connectivity index (χ3n) is 6.09. The van der Waals surface area contributed by atoms with Crippen molar-refractivity contribution in [3.63, 3.8) is 0 Å². The van der Waals surface area contributed by atoms with Crippen LogP contribution in [0.25, 0.3) is 0 Å². The Morgan fingerprint density at radius 1 is 0.591 bits per heavy atom. The van der Waals surface area contributed by atoms with Crippen LogP contribution in [0.2, 0.25) is 0 Å². The summed E-state index contributed by atoms with van der Waals surface area (Å²) in [5.41, 5.74) is 0. The van der Waals surface area contributed by atoms with Crippen molar-refractivity contribution in [2.45, 2.75) is 86.5 Å². The summed E-state index contributed by atoms with van der Waals surface area (Å²) in [6.07, 6.45) is 10.2. The van der Waals surface area contributed by atoms with Gasteiger partial charge in [0, 0.05) is 13.2 Å². The molecule has 1 atom stereocenters. The van der Waals surface area contributed by atoms with Gasteiger partial charge in [0.1, 0.15) is 0 Å². The molecule has 132 valence electrons. The molecule has 1 aliphatic heterocycles. The van der Waals surface area contributed by atoms with Crippen LogP contribution in [0.15, 0.2) is 0 Å². The Morgan fingerprint density at radius 3 is 1.09 bits per heavy atom. The molecule has 1 heteroatoms. The van der Waals surface area contributed by atoms with Crippen LogP contribution < -0.4 is 0 Å². The van der Waals surface area contributed by atoms with Gasteiger partial charge in [-0.25, -0.2) is 0 Å². The molecule has 3 fully saturated rings. The van der Waals surface area contributed by atoms with Gasteiger partial charge in [-0.05, 0) is 41.9 Å². The van der Waals surface area contributed by atoms with Crippen molar-refractivity contribution in [2.75, 3.05) is 13.2 Å². The van der Waals surface area contributed by atoms with Gasteiger partial charge in [0.15, 0.2) is 0 Å². The maximum absolute atomic E-state index is 5.22. The summed E-state index contributed by atoms with van der Waals surface area (Å²) in [5, 5.41) is 0. The predicted molar refractivity (Wildman–Crippen MR) is 98.1 cm³/mol. The highest BCUT2D eigenvalue weighted by atomic mass is 16.5. The van der Waals surface area contributed by atoms with Crippen molar-refractivity contribution in [1.29, 1.82) is 0 Å². The van der Waals surface area contributed by atoms with Crippen molar-refractivity contribution in [2.24, 2.45) is 35.5 Å². The molecule has 3 rings (SSSR count). The minimum atomic E-state index is 0.817. The second-order valence-electron chi connectivity index (χ2n) is 8.74. The monoisotopic (exact) mass is 310 g/mol. The molecule has 0 aromatic rings. The lowest BCUT2D eigenvalue weighted by Gasteiger charge is -2.28. The number of hydrogen-bond acceptors (Lipinski definition) is 1. The lowest BCUT2D eigenvalue weighted by molar-refractivity contribution is 0.177. The molecule has 0 amide bonds. The maximum atomic E-state index is 5.22. The largest absolute Gasteiger partial charge is 0.381 e. The van der Waals surface area contributed by atoms with Gasteiger partial charge < -0.3 is 4.74 Å². The number of ether oxygens (including phenoxy) is 1. The molecular weight excluding hydrogens is 268 g/mol. The molecule has 1 saturated heterocycles. The molecule has 1 heterocycles. The van der Waals surface area contributed by atoms with E-state index in [0.29, 0.717) is 0 Å². The lowest BCUT2D eigenvalue weighted by Crippen LogP contribution is -2.16. The summed E-state index contributed by atoms with van der Waals surface area (Å²) < 4.78 is 5.22. The molecule has 0 aromatic carbocycles. The summed E-state index contributed by atoms with van der Waals surface area (Å²) in [6, 6.07) is 0. The first-order valence-corrected chi connectivity index (χ1v) is 9.99. The van der Waals surface area contributed by atoms with Crippen LogP contribution in [0.1, 0.15) is 86.5 Å². The van der Waals surface area contributed by atoms with Crippen LogP contribution in [0, 0.1) is 35.5 Å². The Kier molecular flexibility index (Phi) is 9.71. The topological polar surface area (TPSA) is 9.23 Å². The standard InChI is InChI=1S/C7H14O.2C7H14/c1-6(2)7-3-4-8-5-7;2*1-6(2)7-4-3-5-7/h6-7H,3-5H2,1-2H3;2*6-7H,3-5H2,1-2H3. The minimum Gasteiger partial charge on any atom is -0.381 e. The average molecular weight is 311 g/mol. The first-order chi connectivity index (χ1) is 10.4. The number of rotatable bonds is 3. The van der Waals surface area contributed by atoms with E-state index in [9.17, 15) is 0 Å². The van der Waals surface area contributed by atoms with E-state index in [1.165, 1.54) is 44.9 Å². The third kappa shape index (κ3) is 7.49. The molecule has 0 spiro atoms. The first-order valence-electron chi connectivity index (χ1n) is 9.99. The van der Waals surface area contributed by atoms with Crippen LogP contribution in [-0.4, -0.2) is 13.2 Å². The van der Waals surface area contributed by atoms with E-state index in [4.69, 9.17) is 4.74 Å². The van der Waals surface area contributed by atoms with E-state index in [-0.39, 0.29) is 0 Å². The predicted octanol–water partition coefficient (Wildman–Crippen LogP) is 6.56. The van der Waals surface area contributed by atoms with E-state index >= 15 is 0 Å². The molecule has 2 aliphatic carbocycles. The lowest BCUT2D eigenvalue weighted by atomic mass is 9.78. The number of hydrogen-bond donors (Lipinski definition) is 0. The van der Waals surface area contributed by atoms with E-state index in [1.54, 1.807) is 0 Å². The summed E-state index contributed by atoms with van der Waals surface area (Å²) in [6.45, 7) is 15.8. The fraction of sp³-hybridized carbons (Fsp3) is 1.00. The molecule has 0 bridgehead atoms. The molecule has 2 saturated carbocycles. The van der Waals surface area contributed by atoms with Gasteiger partial charge in [0.05, 0.1) is 0 Å². The van der Waals surface area contributed by atoms with Gasteiger partial charge in [0.2, 0.25) is 0 Å². The van der Waals surface area contributed by atoms with E-state index in [1.807, 2.05) is 0 Å². The highest BCUT2D eigenvalue weighted by Crippen LogP contribution is 2.33. The molecule has 22 heavy (non-hydrogen) atoms. The zero-order valence-corrected chi connectivity index (χ0v) is 16.2. The van der Waals surface area contributed by atoms with E-state index < -0.39 is 0 Å². The Bertz CT molecular complexity index is 237. The van der Waals surface area contributed by atoms with Gasteiger partial charge >= 0.3 is 0 Å². The van der Waals surface area contributed by atoms with Gasteiger partial charge in [-0.2, -0.15) is 0 Å². The van der Waals surface area contributed by atoms with Crippen LogP contribution in [0.3, 0.4) is 0 Å². The summed E-state index contributed by atoms with van der Waals surface area (Å²) in [4.78, 5) is 0. The average Bonchev–Trinajstić information content (AvgIpc) is 2.76. The fourth-order valence-corrected chi connectivity index (χ4v) is 3.29. The first kappa shape index (κ1) is 20.0. The molecular formula is C21H42O. The molecule has 1 unspecified atom stereocenters. The second kappa shape index (κ2) is 10.7. The molecule has 0 N–H and O–H groups in total. The van der Waals surface area contributed by atoms with Crippen LogP contribution in [0.4, 0.5) is 0 Å². The summed E-state index contributed by atoms with van der Waals surface area (Å²) in [5.74, 6) is 5.73. The minimum absolute atomic E-state index is 0.817. The molecule has 1 nitrogen and oxygen atoms in total. The third-order valence-corrected chi connectivity index (χ3v) is 6.09. The Morgan fingerprint density at radius 2 is 1.00 bits per heavy atom. The Labute approximate surface area is 140 Å². The van der Waals surface area contributed by atoms with E-state index in [0.717, 1.165) is 48.7 Å². The normalized spacial score (nSPS) is 25.2. The summed E-state index contributed by atoms with van der Waals surface area (Å²) >= 11 is 0. The highest BCUT2D eigenvalue weighted by Gasteiger charge is 2.20. The van der Waals surface area contributed by atoms with Gasteiger partial charge in [-0.15, -0.1) is 0 Å². The maximum Gasteiger partial charge on any atom is 0.0497 e. The summed E-state index contributed by atoms with van der Waals surface area (Å²) in [7, 11) is 0. The van der Waals surface area contributed by atoms with Crippen molar-refractivity contribution in [3.8, 4) is 0 Å². The SMILES string of the molecule is CC(C)C1CCC1.CC(C)C1CCC1.CC(C)C1CCOC1. The molecule has 3 aliphatic rings. The second-order valence-corrected chi connectivity index (χ2v) is 8.74. The van der Waals surface area contributed by atoms with Crippen molar-refractivity contribution >= 4 is 0 Å². The quantitative estimate of drug-likeness (QED) is 0.573. The Hall–Kier alpha value is -0.0400. The van der Waals surface area contributed by atoms with Crippen molar-refractivity contribution in [1.82, 2.24) is 0 Å². The van der Waals surface area contributed by atoms with Crippen molar-refractivity contribution in [3.05, 3.63) is 0 Å². The zero-order chi connectivity index (χ0) is 16.5.